The predicted molar refractivity (Wildman–Crippen MR) is 179 cm³/mol. The lowest BCUT2D eigenvalue weighted by Crippen LogP contribution is -2.45. The maximum absolute atomic E-state index is 13.7. The van der Waals surface area contributed by atoms with Crippen molar-refractivity contribution in [3.63, 3.8) is 0 Å². The van der Waals surface area contributed by atoms with Crippen molar-refractivity contribution in [2.24, 2.45) is 5.92 Å². The number of carbonyl (C=O) groups excluding carboxylic acids is 1. The number of nitrogens with two attached hydrogens (primary N) is 1. The van der Waals surface area contributed by atoms with Crippen molar-refractivity contribution in [1.29, 1.82) is 0 Å². The van der Waals surface area contributed by atoms with Gasteiger partial charge in [-0.15, -0.1) is 0 Å². The number of hydrogen-bond acceptors (Lipinski definition) is 7. The summed E-state index contributed by atoms with van der Waals surface area (Å²) < 4.78 is 2.36. The van der Waals surface area contributed by atoms with Crippen LogP contribution in [0.5, 0.6) is 0 Å². The van der Waals surface area contributed by atoms with E-state index in [1.807, 2.05) is 12.3 Å². The second-order valence-corrected chi connectivity index (χ2v) is 12.9. The third-order valence-electron chi connectivity index (χ3n) is 9.96. The number of carbonyl (C=O) groups is 1. The first kappa shape index (κ1) is 29.5. The molecule has 3 fully saturated rings. The van der Waals surface area contributed by atoms with Gasteiger partial charge in [-0.05, 0) is 87.7 Å². The number of fused-ring (bicyclic) bond motifs is 1. The maximum Gasteiger partial charge on any atom is 0.225 e. The molecule has 45 heavy (non-hydrogen) atoms. The molecule has 0 bridgehead atoms. The third-order valence-corrected chi connectivity index (χ3v) is 9.96. The number of aromatic nitrogens is 4. The van der Waals surface area contributed by atoms with E-state index in [4.69, 9.17) is 10.7 Å². The summed E-state index contributed by atoms with van der Waals surface area (Å²) in [5.41, 5.74) is 11.5. The summed E-state index contributed by atoms with van der Waals surface area (Å²) in [5, 5.41) is 1.30. The first-order valence-corrected chi connectivity index (χ1v) is 16.7. The van der Waals surface area contributed by atoms with Gasteiger partial charge in [0.1, 0.15) is 0 Å². The molecule has 0 atom stereocenters. The van der Waals surface area contributed by atoms with Gasteiger partial charge in [0.15, 0.2) is 0 Å². The van der Waals surface area contributed by atoms with Gasteiger partial charge >= 0.3 is 0 Å². The molecule has 0 spiro atoms. The number of nitrogen functional groups attached to an aromatic ring is 1. The largest absolute Gasteiger partial charge is 0.376 e. The molecule has 0 unspecified atom stereocenters. The van der Waals surface area contributed by atoms with E-state index in [9.17, 15) is 4.79 Å². The Balaban J connectivity index is 1.07. The minimum atomic E-state index is 0.103. The van der Waals surface area contributed by atoms with Crippen LogP contribution in [-0.2, 0) is 11.3 Å². The SMILES string of the molecule is Nc1ncc(CN2CCC(C(=O)N3CCC(c4c(-c5ccccn5)n(/C=C/N5CCCCC5)c5ccccc45)CC3)CC2)cn1. The second kappa shape index (κ2) is 13.4. The minimum Gasteiger partial charge on any atom is -0.376 e. The van der Waals surface area contributed by atoms with Gasteiger partial charge in [0.2, 0.25) is 11.9 Å². The van der Waals surface area contributed by atoms with Gasteiger partial charge in [-0.3, -0.25) is 14.7 Å². The molecule has 1 amide bonds. The van der Waals surface area contributed by atoms with Crippen molar-refractivity contribution in [3.05, 3.63) is 78.4 Å². The molecular formula is C36H44N8O. The molecule has 3 aliphatic rings. The van der Waals surface area contributed by atoms with Crippen molar-refractivity contribution in [1.82, 2.24) is 34.2 Å². The van der Waals surface area contributed by atoms with Crippen LogP contribution in [0.4, 0.5) is 5.95 Å². The Labute approximate surface area is 265 Å². The number of nitrogens with zero attached hydrogens (tertiary/aromatic N) is 7. The number of benzene rings is 1. The zero-order chi connectivity index (χ0) is 30.6. The van der Waals surface area contributed by atoms with E-state index in [2.05, 4.69) is 78.0 Å². The number of piperidine rings is 3. The Morgan fingerprint density at radius 3 is 2.29 bits per heavy atom. The molecule has 3 aliphatic heterocycles. The quantitative estimate of drug-likeness (QED) is 0.293. The van der Waals surface area contributed by atoms with Gasteiger partial charge in [0.25, 0.3) is 0 Å². The van der Waals surface area contributed by atoms with Crippen molar-refractivity contribution in [2.75, 3.05) is 45.0 Å². The third kappa shape index (κ3) is 6.45. The summed E-state index contributed by atoms with van der Waals surface area (Å²) in [4.78, 5) is 33.7. The van der Waals surface area contributed by atoms with Crippen LogP contribution < -0.4 is 5.73 Å². The number of amides is 1. The Bertz CT molecular complexity index is 1610. The average molecular weight is 605 g/mol. The normalized spacial score (nSPS) is 19.1. The van der Waals surface area contributed by atoms with E-state index < -0.39 is 0 Å². The summed E-state index contributed by atoms with van der Waals surface area (Å²) in [5.74, 6) is 1.10. The van der Waals surface area contributed by atoms with Crippen LogP contribution in [0.25, 0.3) is 28.5 Å². The molecule has 9 heteroatoms. The molecule has 4 aromatic rings. The molecule has 3 saturated heterocycles. The standard InChI is InChI=1S/C36H44N8O/c37-36-39-24-27(25-40-36)26-42-18-11-29(12-19-42)35(45)43-20-13-28(14-21-43)33-30-8-2-3-10-32(30)44(23-22-41-16-6-1-7-17-41)34(33)31-9-4-5-15-38-31/h2-5,8-10,15,22-25,28-29H,1,6-7,11-14,16-21,26H2,(H2,37,39,40)/b23-22+. The summed E-state index contributed by atoms with van der Waals surface area (Å²) in [7, 11) is 0. The highest BCUT2D eigenvalue weighted by atomic mass is 16.2. The van der Waals surface area contributed by atoms with Gasteiger partial charge in [-0.1, -0.05) is 24.3 Å². The predicted octanol–water partition coefficient (Wildman–Crippen LogP) is 5.61. The zero-order valence-corrected chi connectivity index (χ0v) is 26.1. The fourth-order valence-corrected chi connectivity index (χ4v) is 7.54. The van der Waals surface area contributed by atoms with Gasteiger partial charge in [0.05, 0.1) is 16.9 Å². The highest BCUT2D eigenvalue weighted by Gasteiger charge is 2.33. The van der Waals surface area contributed by atoms with Crippen LogP contribution in [0.3, 0.4) is 0 Å². The van der Waals surface area contributed by atoms with E-state index >= 15 is 0 Å². The fourth-order valence-electron chi connectivity index (χ4n) is 7.54. The van der Waals surface area contributed by atoms with Crippen LogP contribution in [0.15, 0.2) is 67.3 Å². The van der Waals surface area contributed by atoms with Gasteiger partial charge < -0.3 is 20.1 Å². The first-order valence-electron chi connectivity index (χ1n) is 16.7. The minimum absolute atomic E-state index is 0.103. The molecule has 3 aromatic heterocycles. The van der Waals surface area contributed by atoms with Crippen molar-refractivity contribution in [2.45, 2.75) is 57.4 Å². The monoisotopic (exact) mass is 604 g/mol. The van der Waals surface area contributed by atoms with Crippen LogP contribution in [-0.4, -0.2) is 79.4 Å². The molecule has 234 valence electrons. The number of para-hydroxylation sites is 1. The second-order valence-electron chi connectivity index (χ2n) is 12.9. The van der Waals surface area contributed by atoms with Crippen LogP contribution >= 0.6 is 0 Å². The van der Waals surface area contributed by atoms with Gasteiger partial charge in [-0.25, -0.2) is 9.97 Å². The number of anilines is 1. The van der Waals surface area contributed by atoms with Crippen molar-refractivity contribution in [3.8, 4) is 11.4 Å². The maximum atomic E-state index is 13.7. The molecule has 9 nitrogen and oxygen atoms in total. The molecule has 1 aromatic carbocycles. The first-order chi connectivity index (χ1) is 22.1. The van der Waals surface area contributed by atoms with E-state index in [-0.39, 0.29) is 5.92 Å². The van der Waals surface area contributed by atoms with Gasteiger partial charge in [0, 0.05) is 80.6 Å². The van der Waals surface area contributed by atoms with E-state index in [0.717, 1.165) is 82.8 Å². The Morgan fingerprint density at radius 2 is 1.56 bits per heavy atom. The zero-order valence-electron chi connectivity index (χ0n) is 26.1. The molecule has 2 N–H and O–H groups in total. The number of hydrogen-bond donors (Lipinski definition) is 1. The molecule has 0 radical (unpaired) electrons. The van der Waals surface area contributed by atoms with Gasteiger partial charge in [-0.2, -0.15) is 0 Å². The summed E-state index contributed by atoms with van der Waals surface area (Å²) in [6, 6.07) is 15.0. The smallest absolute Gasteiger partial charge is 0.225 e. The van der Waals surface area contributed by atoms with Crippen LogP contribution in [0.1, 0.15) is 62.0 Å². The number of pyridine rings is 1. The van der Waals surface area contributed by atoms with E-state index in [1.165, 1.54) is 41.4 Å². The van der Waals surface area contributed by atoms with Crippen LogP contribution in [0, 0.1) is 5.92 Å². The lowest BCUT2D eigenvalue weighted by molar-refractivity contribution is -0.138. The summed E-state index contributed by atoms with van der Waals surface area (Å²) >= 11 is 0. The Morgan fingerprint density at radius 1 is 0.822 bits per heavy atom. The summed E-state index contributed by atoms with van der Waals surface area (Å²) in [6.07, 6.45) is 17.6. The van der Waals surface area contributed by atoms with E-state index in [1.54, 1.807) is 12.4 Å². The number of likely N-dealkylation sites (tertiary alicyclic amines) is 3. The Kier molecular flexibility index (Phi) is 8.78. The summed E-state index contributed by atoms with van der Waals surface area (Å²) in [6.45, 7) is 6.46. The molecule has 0 saturated carbocycles. The number of rotatable bonds is 7. The topological polar surface area (TPSA) is 96.4 Å². The highest BCUT2D eigenvalue weighted by molar-refractivity contribution is 5.94. The van der Waals surface area contributed by atoms with E-state index in [0.29, 0.717) is 17.8 Å². The average Bonchev–Trinajstić information content (AvgIpc) is 3.43. The lowest BCUT2D eigenvalue weighted by atomic mass is 9.85. The highest BCUT2D eigenvalue weighted by Crippen LogP contribution is 2.42. The van der Waals surface area contributed by atoms with Crippen molar-refractivity contribution >= 4 is 29.0 Å². The lowest BCUT2D eigenvalue weighted by Gasteiger charge is -2.37. The van der Waals surface area contributed by atoms with Crippen LogP contribution in [0.2, 0.25) is 0 Å². The fraction of sp³-hybridized carbons (Fsp3) is 0.444. The Hall–Kier alpha value is -4.24. The van der Waals surface area contributed by atoms with Crippen molar-refractivity contribution < 1.29 is 4.79 Å². The molecule has 0 aliphatic carbocycles. The molecule has 6 heterocycles. The molecule has 7 rings (SSSR count). The molecular weight excluding hydrogens is 560 g/mol.